The van der Waals surface area contributed by atoms with Crippen molar-refractivity contribution in [2.45, 2.75) is 53.9 Å². The summed E-state index contributed by atoms with van der Waals surface area (Å²) in [7, 11) is 0. The summed E-state index contributed by atoms with van der Waals surface area (Å²) in [4.78, 5) is 0. The SMILES string of the molecule is Cc1cc2c(-c3ccc(C(C)(C)C)cc3)c(C)c(C)c(C)c2[cH-]1.[Zr]. The van der Waals surface area contributed by atoms with Crippen LogP contribution in [0.2, 0.25) is 0 Å². The van der Waals surface area contributed by atoms with Crippen molar-refractivity contribution in [2.75, 3.05) is 0 Å². The minimum atomic E-state index is 0. The van der Waals surface area contributed by atoms with Gasteiger partial charge >= 0.3 is 0 Å². The Hall–Kier alpha value is -1.07. The molecule has 0 aliphatic rings. The Kier molecular flexibility index (Phi) is 5.36. The van der Waals surface area contributed by atoms with Crippen LogP contribution in [0.15, 0.2) is 36.4 Å². The fourth-order valence-corrected chi connectivity index (χ4v) is 3.55. The summed E-state index contributed by atoms with van der Waals surface area (Å²) in [5.41, 5.74) is 9.90. The van der Waals surface area contributed by atoms with Gasteiger partial charge in [-0.1, -0.05) is 75.6 Å². The van der Waals surface area contributed by atoms with E-state index < -0.39 is 0 Å². The van der Waals surface area contributed by atoms with Gasteiger partial charge in [0.1, 0.15) is 0 Å². The molecule has 3 aromatic rings. The first-order valence-corrected chi connectivity index (χ1v) is 8.48. The van der Waals surface area contributed by atoms with E-state index in [4.69, 9.17) is 0 Å². The van der Waals surface area contributed by atoms with Crippen molar-refractivity contribution in [3.8, 4) is 11.1 Å². The van der Waals surface area contributed by atoms with Crippen molar-refractivity contribution in [3.05, 3.63) is 64.2 Å². The molecule has 0 aliphatic heterocycles. The molecule has 0 heterocycles. The Morgan fingerprint density at radius 2 is 1.38 bits per heavy atom. The van der Waals surface area contributed by atoms with E-state index in [1.165, 1.54) is 49.7 Å². The van der Waals surface area contributed by atoms with Crippen molar-refractivity contribution >= 4 is 10.8 Å². The van der Waals surface area contributed by atoms with Crippen molar-refractivity contribution in [3.63, 3.8) is 0 Å². The van der Waals surface area contributed by atoms with Crippen LogP contribution in [-0.2, 0) is 31.6 Å². The van der Waals surface area contributed by atoms with Crippen molar-refractivity contribution in [1.82, 2.24) is 0 Å². The third-order valence-electron chi connectivity index (χ3n) is 5.25. The summed E-state index contributed by atoms with van der Waals surface area (Å²) < 4.78 is 0. The number of benzene rings is 2. The molecule has 24 heavy (non-hydrogen) atoms. The van der Waals surface area contributed by atoms with Crippen LogP contribution < -0.4 is 0 Å². The van der Waals surface area contributed by atoms with E-state index in [2.05, 4.69) is 84.9 Å². The molecule has 0 nitrogen and oxygen atoms in total. The van der Waals surface area contributed by atoms with Crippen molar-refractivity contribution < 1.29 is 26.2 Å². The van der Waals surface area contributed by atoms with Crippen LogP contribution >= 0.6 is 0 Å². The Balaban J connectivity index is 0.00000208. The zero-order valence-electron chi connectivity index (χ0n) is 16.0. The molecule has 0 bridgehead atoms. The average molecular weight is 395 g/mol. The van der Waals surface area contributed by atoms with Gasteiger partial charge in [0.25, 0.3) is 0 Å². The second kappa shape index (κ2) is 6.68. The van der Waals surface area contributed by atoms with Gasteiger partial charge in [0.2, 0.25) is 0 Å². The monoisotopic (exact) mass is 393 g/mol. The molecule has 0 spiro atoms. The van der Waals surface area contributed by atoms with Crippen LogP contribution in [0.1, 0.15) is 48.6 Å². The van der Waals surface area contributed by atoms with Gasteiger partial charge in [-0.05, 0) is 30.4 Å². The molecule has 0 aromatic heterocycles. The molecule has 0 radical (unpaired) electrons. The molecular formula is C23H27Zr-. The quantitative estimate of drug-likeness (QED) is 0.400. The van der Waals surface area contributed by atoms with Crippen molar-refractivity contribution in [2.24, 2.45) is 0 Å². The number of rotatable bonds is 1. The molecule has 0 unspecified atom stereocenters. The van der Waals surface area contributed by atoms with Gasteiger partial charge in [0.15, 0.2) is 0 Å². The maximum Gasteiger partial charge on any atom is 0 e. The summed E-state index contributed by atoms with van der Waals surface area (Å²) in [6.07, 6.45) is 0. The average Bonchev–Trinajstić information content (AvgIpc) is 2.86. The first-order valence-electron chi connectivity index (χ1n) is 8.48. The zero-order chi connectivity index (χ0) is 16.9. The first kappa shape index (κ1) is 19.3. The summed E-state index contributed by atoms with van der Waals surface area (Å²) >= 11 is 0. The topological polar surface area (TPSA) is 0 Å². The number of hydrogen-bond donors (Lipinski definition) is 0. The Morgan fingerprint density at radius 3 is 1.92 bits per heavy atom. The Morgan fingerprint density at radius 1 is 0.792 bits per heavy atom. The summed E-state index contributed by atoms with van der Waals surface area (Å²) in [6, 6.07) is 13.8. The van der Waals surface area contributed by atoms with E-state index in [0.717, 1.165) is 0 Å². The van der Waals surface area contributed by atoms with E-state index in [0.29, 0.717) is 0 Å². The fourth-order valence-electron chi connectivity index (χ4n) is 3.55. The maximum atomic E-state index is 2.34. The second-order valence-corrected chi connectivity index (χ2v) is 7.94. The zero-order valence-corrected chi connectivity index (χ0v) is 18.4. The van der Waals surface area contributed by atoms with Crippen LogP contribution in [0.25, 0.3) is 21.9 Å². The van der Waals surface area contributed by atoms with E-state index in [9.17, 15) is 0 Å². The fraction of sp³-hybridized carbons (Fsp3) is 0.348. The van der Waals surface area contributed by atoms with Gasteiger partial charge in [0.05, 0.1) is 0 Å². The predicted molar refractivity (Wildman–Crippen MR) is 103 cm³/mol. The van der Waals surface area contributed by atoms with Crippen molar-refractivity contribution in [1.29, 1.82) is 0 Å². The van der Waals surface area contributed by atoms with Gasteiger partial charge in [-0.25, -0.2) is 0 Å². The van der Waals surface area contributed by atoms with Gasteiger partial charge in [-0.15, -0.1) is 28.0 Å². The predicted octanol–water partition coefficient (Wildman–Crippen LogP) is 6.75. The summed E-state index contributed by atoms with van der Waals surface area (Å²) in [5, 5.41) is 2.80. The second-order valence-electron chi connectivity index (χ2n) is 7.94. The Labute approximate surface area is 165 Å². The molecule has 0 aliphatic carbocycles. The molecule has 3 rings (SSSR count). The van der Waals surface area contributed by atoms with Gasteiger partial charge in [-0.2, -0.15) is 6.07 Å². The molecular weight excluding hydrogens is 367 g/mol. The maximum absolute atomic E-state index is 2.34. The normalized spacial score (nSPS) is 11.6. The van der Waals surface area contributed by atoms with Crippen LogP contribution in [0, 0.1) is 27.7 Å². The third kappa shape index (κ3) is 3.21. The number of hydrogen-bond acceptors (Lipinski definition) is 0. The molecule has 0 fully saturated rings. The third-order valence-corrected chi connectivity index (χ3v) is 5.25. The summed E-state index contributed by atoms with van der Waals surface area (Å²) in [6.45, 7) is 15.7. The molecule has 3 aromatic carbocycles. The molecule has 0 N–H and O–H groups in total. The molecule has 0 atom stereocenters. The molecule has 0 saturated heterocycles. The molecule has 124 valence electrons. The van der Waals surface area contributed by atoms with Crippen LogP contribution in [-0.4, -0.2) is 0 Å². The van der Waals surface area contributed by atoms with Crippen LogP contribution in [0.4, 0.5) is 0 Å². The Bertz CT molecular complexity index is 871. The molecule has 0 amide bonds. The molecule has 1 heteroatoms. The first-order chi connectivity index (χ1) is 10.7. The number of fused-ring (bicyclic) bond motifs is 1. The molecule has 0 saturated carbocycles. The largest absolute Gasteiger partial charge is 0.165 e. The van der Waals surface area contributed by atoms with Gasteiger partial charge < -0.3 is 0 Å². The van der Waals surface area contributed by atoms with Crippen LogP contribution in [0.5, 0.6) is 0 Å². The number of aryl methyl sites for hydroxylation is 2. The van der Waals surface area contributed by atoms with E-state index in [1.807, 2.05) is 0 Å². The minimum Gasteiger partial charge on any atom is -0.165 e. The minimum absolute atomic E-state index is 0. The summed E-state index contributed by atoms with van der Waals surface area (Å²) in [5.74, 6) is 0. The van der Waals surface area contributed by atoms with E-state index >= 15 is 0 Å². The van der Waals surface area contributed by atoms with E-state index in [1.54, 1.807) is 0 Å². The van der Waals surface area contributed by atoms with E-state index in [-0.39, 0.29) is 31.6 Å². The smallest absolute Gasteiger partial charge is 0 e. The standard InChI is InChI=1S/C23H27.Zr/c1-14-12-20-16(3)15(2)17(4)22(21(20)13-14)18-8-10-19(11-9-18)23(5,6)7;/h8-13H,1-7H3;/q-1;. The van der Waals surface area contributed by atoms with Gasteiger partial charge in [-0.3, -0.25) is 0 Å². The van der Waals surface area contributed by atoms with Gasteiger partial charge in [0, 0.05) is 26.2 Å². The van der Waals surface area contributed by atoms with Crippen LogP contribution in [0.3, 0.4) is 0 Å².